The largest absolute Gasteiger partial charge is 0.477 e. The van der Waals surface area contributed by atoms with Crippen LogP contribution >= 0.6 is 11.6 Å². The van der Waals surface area contributed by atoms with Gasteiger partial charge >= 0.3 is 0 Å². The number of ether oxygens (including phenoxy) is 1. The van der Waals surface area contributed by atoms with Crippen LogP contribution in [-0.2, 0) is 17.8 Å². The lowest BCUT2D eigenvalue weighted by atomic mass is 10.1. The topological polar surface area (TPSA) is 42.4 Å². The molecule has 120 valence electrons. The van der Waals surface area contributed by atoms with Crippen molar-refractivity contribution >= 4 is 23.3 Å². The highest BCUT2D eigenvalue weighted by Crippen LogP contribution is 2.27. The third-order valence-corrected chi connectivity index (χ3v) is 3.83. The number of hydrogen-bond acceptors (Lipinski definition) is 3. The van der Waals surface area contributed by atoms with Crippen molar-refractivity contribution in [1.82, 2.24) is 4.98 Å². The lowest BCUT2D eigenvalue weighted by molar-refractivity contribution is -0.116. The van der Waals surface area contributed by atoms with E-state index in [9.17, 15) is 13.6 Å². The summed E-state index contributed by atoms with van der Waals surface area (Å²) in [6, 6.07) is 6.96. The molecule has 0 N–H and O–H groups in total. The van der Waals surface area contributed by atoms with Crippen molar-refractivity contribution in [2.24, 2.45) is 0 Å². The Hall–Kier alpha value is -2.21. The van der Waals surface area contributed by atoms with E-state index in [2.05, 4.69) is 4.98 Å². The second kappa shape index (κ2) is 6.50. The van der Waals surface area contributed by atoms with E-state index in [1.807, 2.05) is 0 Å². The van der Waals surface area contributed by atoms with Crippen LogP contribution in [0.2, 0.25) is 0 Å². The summed E-state index contributed by atoms with van der Waals surface area (Å²) in [6.45, 7) is 0.229. The van der Waals surface area contributed by atoms with Crippen molar-refractivity contribution in [3.63, 3.8) is 0 Å². The summed E-state index contributed by atoms with van der Waals surface area (Å²) in [6.07, 6.45) is 0.744. The third kappa shape index (κ3) is 3.12. The van der Waals surface area contributed by atoms with Gasteiger partial charge in [-0.2, -0.15) is 4.98 Å². The van der Waals surface area contributed by atoms with Crippen LogP contribution in [0.5, 0.6) is 5.88 Å². The molecule has 1 aromatic heterocycles. The lowest BCUT2D eigenvalue weighted by Gasteiger charge is -2.22. The zero-order valence-electron chi connectivity index (χ0n) is 12.1. The number of alkyl halides is 1. The fourth-order valence-electron chi connectivity index (χ4n) is 2.39. The number of carbonyl (C=O) groups excluding carboxylic acids is 1. The first-order valence-electron chi connectivity index (χ1n) is 7.02. The molecule has 23 heavy (non-hydrogen) atoms. The summed E-state index contributed by atoms with van der Waals surface area (Å²) in [4.78, 5) is 17.5. The molecule has 0 bridgehead atoms. The Morgan fingerprint density at radius 2 is 2.00 bits per heavy atom. The Bertz CT molecular complexity index is 735. The summed E-state index contributed by atoms with van der Waals surface area (Å²) in [5, 5.41) is 0. The maximum absolute atomic E-state index is 13.9. The average Bonchev–Trinajstić information content (AvgIpc) is 3.01. The molecule has 0 radical (unpaired) electrons. The van der Waals surface area contributed by atoms with Crippen molar-refractivity contribution in [2.75, 3.05) is 17.4 Å². The molecule has 2 heterocycles. The van der Waals surface area contributed by atoms with Crippen LogP contribution in [0.4, 0.5) is 14.6 Å². The Balaban J connectivity index is 1.97. The molecule has 0 saturated heterocycles. The van der Waals surface area contributed by atoms with Gasteiger partial charge in [0.05, 0.1) is 13.2 Å². The number of anilines is 1. The van der Waals surface area contributed by atoms with E-state index >= 15 is 0 Å². The first-order chi connectivity index (χ1) is 11.1. The van der Waals surface area contributed by atoms with E-state index in [0.717, 1.165) is 29.0 Å². The fourth-order valence-corrected chi connectivity index (χ4v) is 2.54. The lowest BCUT2D eigenvalue weighted by Crippen LogP contribution is -2.33. The molecule has 0 saturated carbocycles. The van der Waals surface area contributed by atoms with Crippen molar-refractivity contribution in [1.29, 1.82) is 0 Å². The smallest absolute Gasteiger partial charge is 0.243 e. The van der Waals surface area contributed by atoms with Gasteiger partial charge in [-0.15, -0.1) is 11.6 Å². The molecule has 1 aliphatic rings. The number of benzene rings is 1. The van der Waals surface area contributed by atoms with Gasteiger partial charge in [-0.3, -0.25) is 9.69 Å². The average molecular weight is 339 g/mol. The van der Waals surface area contributed by atoms with Crippen LogP contribution in [-0.4, -0.2) is 23.4 Å². The van der Waals surface area contributed by atoms with Gasteiger partial charge in [0.2, 0.25) is 11.8 Å². The van der Waals surface area contributed by atoms with Crippen LogP contribution in [0.25, 0.3) is 0 Å². The van der Waals surface area contributed by atoms with Gasteiger partial charge in [0.1, 0.15) is 23.3 Å². The monoisotopic (exact) mass is 338 g/mol. The third-order valence-electron chi connectivity index (χ3n) is 3.60. The number of carbonyl (C=O) groups is 1. The minimum atomic E-state index is -0.727. The molecule has 0 unspecified atom stereocenters. The number of hydrogen-bond donors (Lipinski definition) is 0. The Morgan fingerprint density at radius 1 is 1.26 bits per heavy atom. The fraction of sp³-hybridized carbons (Fsp3) is 0.250. The molecule has 1 aliphatic heterocycles. The molecule has 4 nitrogen and oxygen atoms in total. The van der Waals surface area contributed by atoms with Gasteiger partial charge in [0.15, 0.2) is 0 Å². The molecule has 3 rings (SSSR count). The predicted octanol–water partition coefficient (Wildman–Crippen LogP) is 3.07. The van der Waals surface area contributed by atoms with E-state index < -0.39 is 17.5 Å². The minimum Gasteiger partial charge on any atom is -0.477 e. The SMILES string of the molecule is O=C(CCl)N(Cc1c(F)cccc1F)c1ccc2c(n1)OCC2. The Kier molecular flexibility index (Phi) is 4.43. The maximum Gasteiger partial charge on any atom is 0.243 e. The molecular formula is C16H13ClF2N2O2. The van der Waals surface area contributed by atoms with E-state index in [1.54, 1.807) is 12.1 Å². The summed E-state index contributed by atoms with van der Waals surface area (Å²) in [5.41, 5.74) is 0.721. The van der Waals surface area contributed by atoms with E-state index in [4.69, 9.17) is 16.3 Å². The van der Waals surface area contributed by atoms with Gasteiger partial charge in [-0.05, 0) is 24.3 Å². The molecule has 0 aliphatic carbocycles. The van der Waals surface area contributed by atoms with Crippen LogP contribution in [0, 0.1) is 11.6 Å². The second-order valence-electron chi connectivity index (χ2n) is 5.05. The highest BCUT2D eigenvalue weighted by Gasteiger charge is 2.23. The van der Waals surface area contributed by atoms with Gasteiger partial charge in [-0.25, -0.2) is 8.78 Å². The molecule has 0 spiro atoms. The maximum atomic E-state index is 13.9. The van der Waals surface area contributed by atoms with Gasteiger partial charge in [0, 0.05) is 17.5 Å². The van der Waals surface area contributed by atoms with Crippen molar-refractivity contribution < 1.29 is 18.3 Å². The van der Waals surface area contributed by atoms with Crippen molar-refractivity contribution in [2.45, 2.75) is 13.0 Å². The summed E-state index contributed by atoms with van der Waals surface area (Å²) in [7, 11) is 0. The molecular weight excluding hydrogens is 326 g/mol. The van der Waals surface area contributed by atoms with Crippen molar-refractivity contribution in [3.8, 4) is 5.88 Å². The predicted molar refractivity (Wildman–Crippen MR) is 81.7 cm³/mol. The first kappa shape index (κ1) is 15.7. The Morgan fingerprint density at radius 3 is 2.70 bits per heavy atom. The second-order valence-corrected chi connectivity index (χ2v) is 5.31. The molecule has 1 aromatic carbocycles. The number of halogens is 3. The summed E-state index contributed by atoms with van der Waals surface area (Å²) >= 11 is 5.62. The highest BCUT2D eigenvalue weighted by molar-refractivity contribution is 6.29. The molecule has 2 aromatic rings. The van der Waals surface area contributed by atoms with Gasteiger partial charge in [0.25, 0.3) is 0 Å². The van der Waals surface area contributed by atoms with Crippen LogP contribution in [0.15, 0.2) is 30.3 Å². The van der Waals surface area contributed by atoms with Gasteiger partial charge in [-0.1, -0.05) is 6.07 Å². The normalized spacial score (nSPS) is 12.7. The molecule has 0 fully saturated rings. The highest BCUT2D eigenvalue weighted by atomic mass is 35.5. The standard InChI is InChI=1S/C16H13ClF2N2O2/c17-8-15(22)21(9-11-12(18)2-1-3-13(11)19)14-5-4-10-6-7-23-16(10)20-14/h1-5H,6-9H2. The van der Waals surface area contributed by atoms with E-state index in [1.165, 1.54) is 6.07 Å². The van der Waals surface area contributed by atoms with E-state index in [-0.39, 0.29) is 23.8 Å². The van der Waals surface area contributed by atoms with Crippen molar-refractivity contribution in [3.05, 3.63) is 53.1 Å². The molecule has 0 atom stereocenters. The van der Waals surface area contributed by atoms with Gasteiger partial charge < -0.3 is 4.74 Å². The number of fused-ring (bicyclic) bond motifs is 1. The summed E-state index contributed by atoms with van der Waals surface area (Å²) in [5.74, 6) is -1.59. The van der Waals surface area contributed by atoms with E-state index in [0.29, 0.717) is 12.5 Å². The van der Waals surface area contributed by atoms with Crippen LogP contribution < -0.4 is 9.64 Å². The minimum absolute atomic E-state index is 0.214. The quantitative estimate of drug-likeness (QED) is 0.805. The number of pyridine rings is 1. The Labute approximate surface area is 136 Å². The molecule has 7 heteroatoms. The number of amides is 1. The number of aromatic nitrogens is 1. The zero-order chi connectivity index (χ0) is 16.4. The zero-order valence-corrected chi connectivity index (χ0v) is 12.8. The summed E-state index contributed by atoms with van der Waals surface area (Å²) < 4.78 is 33.1. The molecule has 1 amide bonds. The van der Waals surface area contributed by atoms with Crippen LogP contribution in [0.1, 0.15) is 11.1 Å². The number of nitrogens with zero attached hydrogens (tertiary/aromatic N) is 2. The first-order valence-corrected chi connectivity index (χ1v) is 7.55. The van der Waals surface area contributed by atoms with Crippen LogP contribution in [0.3, 0.4) is 0 Å². The number of rotatable bonds is 4.